The van der Waals surface area contributed by atoms with Gasteiger partial charge in [-0.05, 0) is 59.5 Å². The van der Waals surface area contributed by atoms with Crippen LogP contribution in [0.25, 0.3) is 0 Å². The van der Waals surface area contributed by atoms with Crippen LogP contribution in [0.5, 0.6) is 5.75 Å². The molecule has 4 heteroatoms. The van der Waals surface area contributed by atoms with Gasteiger partial charge in [-0.1, -0.05) is 12.6 Å². The molecular formula is C14H18BrNO2. The van der Waals surface area contributed by atoms with E-state index in [1.807, 2.05) is 25.1 Å². The van der Waals surface area contributed by atoms with Crippen LogP contribution in [0.1, 0.15) is 18.4 Å². The summed E-state index contributed by atoms with van der Waals surface area (Å²) in [6.07, 6.45) is 3.07. The van der Waals surface area contributed by atoms with E-state index in [0.29, 0.717) is 13.2 Å². The summed E-state index contributed by atoms with van der Waals surface area (Å²) in [4.78, 5) is 10.9. The van der Waals surface area contributed by atoms with Gasteiger partial charge >= 0.3 is 0 Å². The fourth-order valence-electron chi connectivity index (χ4n) is 1.42. The first-order chi connectivity index (χ1) is 8.63. The SMILES string of the molecule is C=CC(=O)NCCCCOc1ccc(C)cc1Br. The third-order valence-electron chi connectivity index (χ3n) is 2.40. The first-order valence-corrected chi connectivity index (χ1v) is 6.72. The summed E-state index contributed by atoms with van der Waals surface area (Å²) in [6.45, 7) is 6.73. The normalized spacial score (nSPS) is 9.89. The third-order valence-corrected chi connectivity index (χ3v) is 3.02. The molecule has 0 saturated carbocycles. The van der Waals surface area contributed by atoms with Gasteiger partial charge in [0, 0.05) is 6.54 Å². The number of ether oxygens (including phenoxy) is 1. The van der Waals surface area contributed by atoms with Gasteiger partial charge in [-0.15, -0.1) is 0 Å². The highest BCUT2D eigenvalue weighted by Crippen LogP contribution is 2.25. The number of nitrogens with one attached hydrogen (secondary N) is 1. The molecule has 0 unspecified atom stereocenters. The van der Waals surface area contributed by atoms with E-state index >= 15 is 0 Å². The first kappa shape index (κ1) is 14.8. The Bertz CT molecular complexity index is 418. The smallest absolute Gasteiger partial charge is 0.243 e. The molecule has 0 aliphatic rings. The topological polar surface area (TPSA) is 38.3 Å². The van der Waals surface area contributed by atoms with Crippen molar-refractivity contribution in [3.8, 4) is 5.75 Å². The quantitative estimate of drug-likeness (QED) is 0.620. The number of carbonyl (C=O) groups is 1. The van der Waals surface area contributed by atoms with Gasteiger partial charge in [-0.3, -0.25) is 4.79 Å². The van der Waals surface area contributed by atoms with Crippen molar-refractivity contribution < 1.29 is 9.53 Å². The van der Waals surface area contributed by atoms with E-state index in [1.165, 1.54) is 11.6 Å². The molecule has 1 rings (SSSR count). The van der Waals surface area contributed by atoms with E-state index in [9.17, 15) is 4.79 Å². The molecule has 0 bridgehead atoms. The standard InChI is InChI=1S/C14H18BrNO2/c1-3-14(17)16-8-4-5-9-18-13-7-6-11(2)10-12(13)15/h3,6-7,10H,1,4-5,8-9H2,2H3,(H,16,17). The fourth-order valence-corrected chi connectivity index (χ4v) is 2.02. The molecule has 1 aromatic carbocycles. The Hall–Kier alpha value is -1.29. The van der Waals surface area contributed by atoms with Gasteiger partial charge in [0.05, 0.1) is 11.1 Å². The maximum Gasteiger partial charge on any atom is 0.243 e. The molecule has 3 nitrogen and oxygen atoms in total. The van der Waals surface area contributed by atoms with E-state index in [0.717, 1.165) is 23.1 Å². The van der Waals surface area contributed by atoms with Crippen molar-refractivity contribution in [1.82, 2.24) is 5.32 Å². The van der Waals surface area contributed by atoms with E-state index in [-0.39, 0.29) is 5.91 Å². The van der Waals surface area contributed by atoms with Gasteiger partial charge in [0.25, 0.3) is 0 Å². The zero-order valence-corrected chi connectivity index (χ0v) is 12.1. The second kappa shape index (κ2) is 7.93. The van der Waals surface area contributed by atoms with Crippen molar-refractivity contribution in [2.75, 3.05) is 13.2 Å². The molecule has 0 saturated heterocycles. The van der Waals surface area contributed by atoms with Crippen LogP contribution in [0, 0.1) is 6.92 Å². The number of halogens is 1. The largest absolute Gasteiger partial charge is 0.492 e. The van der Waals surface area contributed by atoms with Crippen molar-refractivity contribution in [2.45, 2.75) is 19.8 Å². The molecule has 0 heterocycles. The van der Waals surface area contributed by atoms with Crippen LogP contribution >= 0.6 is 15.9 Å². The van der Waals surface area contributed by atoms with Crippen LogP contribution in [-0.4, -0.2) is 19.1 Å². The maximum atomic E-state index is 10.9. The van der Waals surface area contributed by atoms with Gasteiger partial charge in [-0.25, -0.2) is 0 Å². The van der Waals surface area contributed by atoms with E-state index in [2.05, 4.69) is 27.8 Å². The van der Waals surface area contributed by atoms with E-state index < -0.39 is 0 Å². The van der Waals surface area contributed by atoms with Crippen molar-refractivity contribution in [3.63, 3.8) is 0 Å². The lowest BCUT2D eigenvalue weighted by Crippen LogP contribution is -2.22. The third kappa shape index (κ3) is 5.36. The van der Waals surface area contributed by atoms with Crippen LogP contribution in [0.4, 0.5) is 0 Å². The number of hydrogen-bond acceptors (Lipinski definition) is 2. The summed E-state index contributed by atoms with van der Waals surface area (Å²) in [6, 6.07) is 6.00. The molecule has 1 aromatic rings. The predicted octanol–water partition coefficient (Wildman–Crippen LogP) is 3.22. The Morgan fingerprint density at radius 1 is 1.50 bits per heavy atom. The minimum absolute atomic E-state index is 0.128. The molecular weight excluding hydrogens is 294 g/mol. The summed E-state index contributed by atoms with van der Waals surface area (Å²) < 4.78 is 6.62. The lowest BCUT2D eigenvalue weighted by molar-refractivity contribution is -0.116. The summed E-state index contributed by atoms with van der Waals surface area (Å²) in [5, 5.41) is 2.73. The monoisotopic (exact) mass is 311 g/mol. The number of hydrogen-bond donors (Lipinski definition) is 1. The van der Waals surface area contributed by atoms with Crippen LogP contribution < -0.4 is 10.1 Å². The molecule has 0 aliphatic heterocycles. The maximum absolute atomic E-state index is 10.9. The lowest BCUT2D eigenvalue weighted by Gasteiger charge is -2.08. The predicted molar refractivity (Wildman–Crippen MR) is 76.8 cm³/mol. The van der Waals surface area contributed by atoms with Crippen LogP contribution in [0.3, 0.4) is 0 Å². The molecule has 18 heavy (non-hydrogen) atoms. The van der Waals surface area contributed by atoms with Gasteiger partial charge in [0.1, 0.15) is 5.75 Å². The Balaban J connectivity index is 2.18. The number of carbonyl (C=O) groups excluding carboxylic acids is 1. The lowest BCUT2D eigenvalue weighted by atomic mass is 10.2. The highest BCUT2D eigenvalue weighted by Gasteiger charge is 2.00. The molecule has 1 amide bonds. The van der Waals surface area contributed by atoms with E-state index in [1.54, 1.807) is 0 Å². The Morgan fingerprint density at radius 3 is 2.94 bits per heavy atom. The zero-order chi connectivity index (χ0) is 13.4. The number of amides is 1. The van der Waals surface area contributed by atoms with Gasteiger partial charge in [0.15, 0.2) is 0 Å². The Morgan fingerprint density at radius 2 is 2.28 bits per heavy atom. The zero-order valence-electron chi connectivity index (χ0n) is 10.5. The minimum atomic E-state index is -0.128. The number of benzene rings is 1. The Labute approximate surface area is 116 Å². The summed E-state index contributed by atoms with van der Waals surface area (Å²) in [5.41, 5.74) is 1.20. The van der Waals surface area contributed by atoms with Crippen molar-refractivity contribution in [1.29, 1.82) is 0 Å². The van der Waals surface area contributed by atoms with Crippen LogP contribution in [-0.2, 0) is 4.79 Å². The van der Waals surface area contributed by atoms with E-state index in [4.69, 9.17) is 4.74 Å². The molecule has 0 aromatic heterocycles. The van der Waals surface area contributed by atoms with Crippen molar-refractivity contribution >= 4 is 21.8 Å². The molecule has 0 radical (unpaired) electrons. The molecule has 0 aliphatic carbocycles. The average Bonchev–Trinajstić information content (AvgIpc) is 2.35. The Kier molecular flexibility index (Phi) is 6.50. The molecule has 0 spiro atoms. The molecule has 0 atom stereocenters. The number of aryl methyl sites for hydroxylation is 1. The molecule has 0 fully saturated rings. The minimum Gasteiger partial charge on any atom is -0.492 e. The van der Waals surface area contributed by atoms with Gasteiger partial charge in [-0.2, -0.15) is 0 Å². The first-order valence-electron chi connectivity index (χ1n) is 5.92. The summed E-state index contributed by atoms with van der Waals surface area (Å²) in [7, 11) is 0. The van der Waals surface area contributed by atoms with Gasteiger partial charge < -0.3 is 10.1 Å². The molecule has 98 valence electrons. The second-order valence-corrected chi connectivity index (χ2v) is 4.84. The van der Waals surface area contributed by atoms with Crippen molar-refractivity contribution in [3.05, 3.63) is 40.9 Å². The summed E-state index contributed by atoms with van der Waals surface area (Å²) in [5.74, 6) is 0.730. The highest BCUT2D eigenvalue weighted by atomic mass is 79.9. The fraction of sp³-hybridized carbons (Fsp3) is 0.357. The molecule has 1 N–H and O–H groups in total. The highest BCUT2D eigenvalue weighted by molar-refractivity contribution is 9.10. The average molecular weight is 312 g/mol. The summed E-state index contributed by atoms with van der Waals surface area (Å²) >= 11 is 3.47. The van der Waals surface area contributed by atoms with Crippen molar-refractivity contribution in [2.24, 2.45) is 0 Å². The number of unbranched alkanes of at least 4 members (excludes halogenated alkanes) is 1. The second-order valence-electron chi connectivity index (χ2n) is 3.98. The van der Waals surface area contributed by atoms with Gasteiger partial charge in [0.2, 0.25) is 5.91 Å². The van der Waals surface area contributed by atoms with Crippen LogP contribution in [0.15, 0.2) is 35.3 Å². The van der Waals surface area contributed by atoms with Crippen LogP contribution in [0.2, 0.25) is 0 Å². The number of rotatable bonds is 7.